The Labute approximate surface area is 131 Å². The maximum atomic E-state index is 11.5. The van der Waals surface area contributed by atoms with E-state index in [1.165, 1.54) is 0 Å². The highest BCUT2D eigenvalue weighted by molar-refractivity contribution is 5.37. The van der Waals surface area contributed by atoms with Crippen LogP contribution >= 0.6 is 0 Å². The summed E-state index contributed by atoms with van der Waals surface area (Å²) in [5.41, 5.74) is 1.88. The van der Waals surface area contributed by atoms with Crippen molar-refractivity contribution in [2.75, 3.05) is 20.1 Å². The molecule has 0 saturated carbocycles. The van der Waals surface area contributed by atoms with E-state index >= 15 is 0 Å². The van der Waals surface area contributed by atoms with Gasteiger partial charge in [-0.15, -0.1) is 0 Å². The lowest BCUT2D eigenvalue weighted by atomic mass is 9.71. The van der Waals surface area contributed by atoms with E-state index in [2.05, 4.69) is 24.1 Å². The van der Waals surface area contributed by atoms with Crippen molar-refractivity contribution in [3.05, 3.63) is 71.3 Å². The Bertz CT molecular complexity index is 628. The fourth-order valence-corrected chi connectivity index (χ4v) is 3.56. The van der Waals surface area contributed by atoms with Crippen LogP contribution < -0.4 is 0 Å². The van der Waals surface area contributed by atoms with Crippen LogP contribution in [-0.2, 0) is 12.2 Å². The number of aliphatic hydroxyl groups is 2. The van der Waals surface area contributed by atoms with Gasteiger partial charge in [-0.05, 0) is 30.2 Å². The Hall–Kier alpha value is -1.68. The summed E-state index contributed by atoms with van der Waals surface area (Å²) in [6.45, 7) is 1.61. The molecule has 0 radical (unpaired) electrons. The molecule has 0 spiro atoms. The van der Waals surface area contributed by atoms with Crippen molar-refractivity contribution in [3.63, 3.8) is 0 Å². The molecule has 2 aromatic rings. The predicted molar refractivity (Wildman–Crippen MR) is 87.6 cm³/mol. The van der Waals surface area contributed by atoms with Gasteiger partial charge in [-0.1, -0.05) is 54.6 Å². The second-order valence-electron chi connectivity index (χ2n) is 6.22. The van der Waals surface area contributed by atoms with E-state index in [1.54, 1.807) is 0 Å². The molecule has 1 heterocycles. The number of rotatable bonds is 3. The van der Waals surface area contributed by atoms with Crippen LogP contribution in [0.5, 0.6) is 0 Å². The first-order chi connectivity index (χ1) is 10.6. The van der Waals surface area contributed by atoms with Gasteiger partial charge in [-0.2, -0.15) is 0 Å². The topological polar surface area (TPSA) is 43.7 Å². The van der Waals surface area contributed by atoms with Crippen molar-refractivity contribution in [2.45, 2.75) is 24.5 Å². The molecule has 116 valence electrons. The zero-order valence-electron chi connectivity index (χ0n) is 12.9. The summed E-state index contributed by atoms with van der Waals surface area (Å²) in [6, 6.07) is 17.9. The standard InChI is InChI=1S/C19H23NO2/c1-20-12-11-19(22,17-10-6-5-9-16(17)14-21)18(13-20)15-7-3-2-4-8-15/h2-10,18,21-22H,11-14H2,1H3. The molecule has 3 heteroatoms. The summed E-state index contributed by atoms with van der Waals surface area (Å²) in [7, 11) is 2.09. The van der Waals surface area contributed by atoms with Gasteiger partial charge in [0.15, 0.2) is 0 Å². The number of benzene rings is 2. The summed E-state index contributed by atoms with van der Waals surface area (Å²) in [6.07, 6.45) is 0.667. The Kier molecular flexibility index (Phi) is 4.30. The van der Waals surface area contributed by atoms with Crippen LogP contribution in [0.1, 0.15) is 29.0 Å². The van der Waals surface area contributed by atoms with Crippen LogP contribution in [0.15, 0.2) is 54.6 Å². The van der Waals surface area contributed by atoms with E-state index in [0.29, 0.717) is 6.42 Å². The van der Waals surface area contributed by atoms with E-state index in [4.69, 9.17) is 0 Å². The van der Waals surface area contributed by atoms with Gasteiger partial charge in [0.05, 0.1) is 12.2 Å². The zero-order chi connectivity index (χ0) is 15.6. The monoisotopic (exact) mass is 297 g/mol. The molecule has 2 atom stereocenters. The predicted octanol–water partition coefficient (Wildman–Crippen LogP) is 2.49. The summed E-state index contributed by atoms with van der Waals surface area (Å²) in [4.78, 5) is 2.26. The van der Waals surface area contributed by atoms with Crippen molar-refractivity contribution in [1.82, 2.24) is 4.90 Å². The maximum Gasteiger partial charge on any atom is 0.0992 e. The minimum absolute atomic E-state index is 0.000139. The summed E-state index contributed by atoms with van der Waals surface area (Å²) in [5.74, 6) is 0.000139. The molecule has 1 fully saturated rings. The van der Waals surface area contributed by atoms with Gasteiger partial charge < -0.3 is 15.1 Å². The van der Waals surface area contributed by atoms with Gasteiger partial charge in [0, 0.05) is 19.0 Å². The molecule has 1 aliphatic rings. The average Bonchev–Trinajstić information content (AvgIpc) is 2.58. The summed E-state index contributed by atoms with van der Waals surface area (Å²) < 4.78 is 0. The number of piperidine rings is 1. The van der Waals surface area contributed by atoms with Gasteiger partial charge in [-0.3, -0.25) is 0 Å². The van der Waals surface area contributed by atoms with Crippen LogP contribution in [0.25, 0.3) is 0 Å². The third-order valence-corrected chi connectivity index (χ3v) is 4.80. The van der Waals surface area contributed by atoms with Gasteiger partial charge in [0.1, 0.15) is 0 Å². The first-order valence-corrected chi connectivity index (χ1v) is 7.80. The molecule has 2 unspecified atom stereocenters. The van der Waals surface area contributed by atoms with Gasteiger partial charge >= 0.3 is 0 Å². The van der Waals surface area contributed by atoms with Gasteiger partial charge in [-0.25, -0.2) is 0 Å². The van der Waals surface area contributed by atoms with Crippen LogP contribution in [-0.4, -0.2) is 35.3 Å². The number of hydrogen-bond donors (Lipinski definition) is 2. The molecular weight excluding hydrogens is 274 g/mol. The molecular formula is C19H23NO2. The molecule has 0 bridgehead atoms. The van der Waals surface area contributed by atoms with Crippen LogP contribution in [0, 0.1) is 0 Å². The SMILES string of the molecule is CN1CCC(O)(c2ccccc2CO)C(c2ccccc2)C1. The second-order valence-corrected chi connectivity index (χ2v) is 6.22. The Morgan fingerprint density at radius 2 is 1.77 bits per heavy atom. The molecule has 0 amide bonds. The van der Waals surface area contributed by atoms with E-state index in [0.717, 1.165) is 29.8 Å². The fourth-order valence-electron chi connectivity index (χ4n) is 3.56. The normalized spacial score (nSPS) is 26.0. The molecule has 2 N–H and O–H groups in total. The Morgan fingerprint density at radius 1 is 1.09 bits per heavy atom. The van der Waals surface area contributed by atoms with E-state index in [1.807, 2.05) is 42.5 Å². The first kappa shape index (κ1) is 15.2. The Morgan fingerprint density at radius 3 is 2.50 bits per heavy atom. The largest absolute Gasteiger partial charge is 0.392 e. The molecule has 3 nitrogen and oxygen atoms in total. The maximum absolute atomic E-state index is 11.5. The molecule has 3 rings (SSSR count). The molecule has 22 heavy (non-hydrogen) atoms. The average molecular weight is 297 g/mol. The van der Waals surface area contributed by atoms with Crippen LogP contribution in [0.3, 0.4) is 0 Å². The quantitative estimate of drug-likeness (QED) is 0.915. The van der Waals surface area contributed by atoms with Crippen molar-refractivity contribution in [3.8, 4) is 0 Å². The third-order valence-electron chi connectivity index (χ3n) is 4.80. The number of likely N-dealkylation sites (tertiary alicyclic amines) is 1. The first-order valence-electron chi connectivity index (χ1n) is 7.80. The molecule has 1 saturated heterocycles. The van der Waals surface area contributed by atoms with Crippen molar-refractivity contribution in [1.29, 1.82) is 0 Å². The smallest absolute Gasteiger partial charge is 0.0992 e. The lowest BCUT2D eigenvalue weighted by Gasteiger charge is -2.45. The van der Waals surface area contributed by atoms with Gasteiger partial charge in [0.25, 0.3) is 0 Å². The van der Waals surface area contributed by atoms with Crippen molar-refractivity contribution >= 4 is 0 Å². The number of nitrogens with zero attached hydrogens (tertiary/aromatic N) is 1. The minimum Gasteiger partial charge on any atom is -0.392 e. The van der Waals surface area contributed by atoms with Crippen LogP contribution in [0.2, 0.25) is 0 Å². The highest BCUT2D eigenvalue weighted by atomic mass is 16.3. The van der Waals surface area contributed by atoms with E-state index in [-0.39, 0.29) is 12.5 Å². The van der Waals surface area contributed by atoms with Crippen molar-refractivity contribution < 1.29 is 10.2 Å². The van der Waals surface area contributed by atoms with E-state index < -0.39 is 5.60 Å². The molecule has 0 aliphatic carbocycles. The third kappa shape index (κ3) is 2.68. The molecule has 0 aromatic heterocycles. The lowest BCUT2D eigenvalue weighted by Crippen LogP contribution is -2.47. The number of hydrogen-bond acceptors (Lipinski definition) is 3. The fraction of sp³-hybridized carbons (Fsp3) is 0.368. The highest BCUT2D eigenvalue weighted by Gasteiger charge is 2.43. The number of likely N-dealkylation sites (N-methyl/N-ethyl adjacent to an activating group) is 1. The number of aliphatic hydroxyl groups excluding tert-OH is 1. The lowest BCUT2D eigenvalue weighted by molar-refractivity contribution is -0.0431. The zero-order valence-corrected chi connectivity index (χ0v) is 12.9. The van der Waals surface area contributed by atoms with Crippen molar-refractivity contribution in [2.24, 2.45) is 0 Å². The minimum atomic E-state index is -0.937. The van der Waals surface area contributed by atoms with E-state index in [9.17, 15) is 10.2 Å². The highest BCUT2D eigenvalue weighted by Crippen LogP contribution is 2.44. The Balaban J connectivity index is 2.08. The van der Waals surface area contributed by atoms with Crippen LogP contribution in [0.4, 0.5) is 0 Å². The summed E-state index contributed by atoms with van der Waals surface area (Å²) >= 11 is 0. The second kappa shape index (κ2) is 6.21. The molecule has 2 aromatic carbocycles. The van der Waals surface area contributed by atoms with Gasteiger partial charge in [0.2, 0.25) is 0 Å². The molecule has 1 aliphatic heterocycles. The summed E-state index contributed by atoms with van der Waals surface area (Å²) in [5, 5.41) is 21.2.